The Kier molecular flexibility index (Phi) is 1.62. The van der Waals surface area contributed by atoms with Crippen LogP contribution in [0.1, 0.15) is 12.2 Å². The SMILES string of the molecule is Ic1cccc2c1nc1n2CCC1. The van der Waals surface area contributed by atoms with Gasteiger partial charge in [0.15, 0.2) is 0 Å². The van der Waals surface area contributed by atoms with Gasteiger partial charge in [-0.15, -0.1) is 0 Å². The molecule has 1 aliphatic heterocycles. The smallest absolute Gasteiger partial charge is 0.109 e. The van der Waals surface area contributed by atoms with Gasteiger partial charge in [0.1, 0.15) is 11.3 Å². The van der Waals surface area contributed by atoms with Gasteiger partial charge in [0.2, 0.25) is 0 Å². The van der Waals surface area contributed by atoms with Crippen molar-refractivity contribution >= 4 is 33.6 Å². The number of fused-ring (bicyclic) bond motifs is 3. The summed E-state index contributed by atoms with van der Waals surface area (Å²) in [6, 6.07) is 6.39. The minimum absolute atomic E-state index is 1.14. The molecule has 0 saturated heterocycles. The van der Waals surface area contributed by atoms with E-state index in [1.165, 1.54) is 26.8 Å². The normalized spacial score (nSPS) is 15.2. The Morgan fingerprint density at radius 3 is 3.23 bits per heavy atom. The molecule has 0 unspecified atom stereocenters. The van der Waals surface area contributed by atoms with Crippen molar-refractivity contribution < 1.29 is 0 Å². The first-order valence-corrected chi connectivity index (χ1v) is 5.58. The molecule has 2 aromatic rings. The average Bonchev–Trinajstić information content (AvgIpc) is 2.65. The maximum Gasteiger partial charge on any atom is 0.109 e. The topological polar surface area (TPSA) is 17.8 Å². The Bertz CT molecular complexity index is 473. The molecule has 0 spiro atoms. The predicted molar refractivity (Wildman–Crippen MR) is 60.8 cm³/mol. The second kappa shape index (κ2) is 2.70. The number of rotatable bonds is 0. The van der Waals surface area contributed by atoms with Crippen LogP contribution < -0.4 is 0 Å². The molecule has 0 radical (unpaired) electrons. The van der Waals surface area contributed by atoms with Gasteiger partial charge in [0.05, 0.1) is 5.52 Å². The molecule has 2 nitrogen and oxygen atoms in total. The minimum atomic E-state index is 1.14. The van der Waals surface area contributed by atoms with Gasteiger partial charge in [-0.2, -0.15) is 0 Å². The molecule has 13 heavy (non-hydrogen) atoms. The zero-order valence-corrected chi connectivity index (χ0v) is 9.28. The molecule has 0 bridgehead atoms. The summed E-state index contributed by atoms with van der Waals surface area (Å²) in [6.45, 7) is 1.14. The van der Waals surface area contributed by atoms with E-state index in [1.807, 2.05) is 0 Å². The lowest BCUT2D eigenvalue weighted by Crippen LogP contribution is -1.90. The van der Waals surface area contributed by atoms with Gasteiger partial charge >= 0.3 is 0 Å². The van der Waals surface area contributed by atoms with Crippen LogP contribution in [0.5, 0.6) is 0 Å². The Morgan fingerprint density at radius 2 is 2.31 bits per heavy atom. The predicted octanol–water partition coefficient (Wildman–Crippen LogP) is 2.59. The van der Waals surface area contributed by atoms with Gasteiger partial charge < -0.3 is 4.57 Å². The van der Waals surface area contributed by atoms with E-state index in [2.05, 4.69) is 50.3 Å². The zero-order chi connectivity index (χ0) is 8.84. The van der Waals surface area contributed by atoms with E-state index in [0.717, 1.165) is 13.0 Å². The number of hydrogen-bond donors (Lipinski definition) is 0. The molecule has 0 fully saturated rings. The van der Waals surface area contributed by atoms with Crippen LogP contribution in [0.2, 0.25) is 0 Å². The van der Waals surface area contributed by atoms with Gasteiger partial charge in [-0.25, -0.2) is 4.98 Å². The number of aromatic nitrogens is 2. The third-order valence-electron chi connectivity index (χ3n) is 2.59. The van der Waals surface area contributed by atoms with Crippen LogP contribution in [0.15, 0.2) is 18.2 Å². The summed E-state index contributed by atoms with van der Waals surface area (Å²) in [4.78, 5) is 4.65. The van der Waals surface area contributed by atoms with Gasteiger partial charge in [-0.3, -0.25) is 0 Å². The first kappa shape index (κ1) is 7.79. The highest BCUT2D eigenvalue weighted by molar-refractivity contribution is 14.1. The van der Waals surface area contributed by atoms with Gasteiger partial charge in [0.25, 0.3) is 0 Å². The largest absolute Gasteiger partial charge is 0.328 e. The zero-order valence-electron chi connectivity index (χ0n) is 7.13. The summed E-state index contributed by atoms with van der Waals surface area (Å²) in [7, 11) is 0. The van der Waals surface area contributed by atoms with Crippen molar-refractivity contribution in [2.45, 2.75) is 19.4 Å². The number of para-hydroxylation sites is 1. The molecule has 0 aliphatic carbocycles. The van der Waals surface area contributed by atoms with E-state index < -0.39 is 0 Å². The first-order valence-electron chi connectivity index (χ1n) is 4.50. The van der Waals surface area contributed by atoms with Crippen LogP contribution >= 0.6 is 22.6 Å². The number of aryl methyl sites for hydroxylation is 2. The maximum absolute atomic E-state index is 4.65. The van der Waals surface area contributed by atoms with Crippen molar-refractivity contribution in [2.24, 2.45) is 0 Å². The van der Waals surface area contributed by atoms with Crippen LogP contribution in [0.3, 0.4) is 0 Å². The maximum atomic E-state index is 4.65. The van der Waals surface area contributed by atoms with Crippen molar-refractivity contribution in [3.8, 4) is 0 Å². The highest BCUT2D eigenvalue weighted by Gasteiger charge is 2.16. The monoisotopic (exact) mass is 284 g/mol. The minimum Gasteiger partial charge on any atom is -0.328 e. The highest BCUT2D eigenvalue weighted by atomic mass is 127. The van der Waals surface area contributed by atoms with Crippen LogP contribution in [0.25, 0.3) is 11.0 Å². The second-order valence-corrected chi connectivity index (χ2v) is 4.55. The first-order chi connectivity index (χ1) is 6.36. The Labute approximate surface area is 90.1 Å². The van der Waals surface area contributed by atoms with Gasteiger partial charge in [-0.1, -0.05) is 6.07 Å². The van der Waals surface area contributed by atoms with Gasteiger partial charge in [-0.05, 0) is 41.1 Å². The highest BCUT2D eigenvalue weighted by Crippen LogP contribution is 2.25. The van der Waals surface area contributed by atoms with E-state index in [0.29, 0.717) is 0 Å². The molecule has 3 rings (SSSR count). The number of hydrogen-bond acceptors (Lipinski definition) is 1. The fourth-order valence-corrected chi connectivity index (χ4v) is 2.60. The van der Waals surface area contributed by atoms with Crippen molar-refractivity contribution in [1.29, 1.82) is 0 Å². The van der Waals surface area contributed by atoms with Crippen molar-refractivity contribution in [3.05, 3.63) is 27.6 Å². The molecule has 2 heterocycles. The lowest BCUT2D eigenvalue weighted by atomic mass is 10.3. The molecule has 1 aliphatic rings. The quantitative estimate of drug-likeness (QED) is 0.680. The molecule has 66 valence electrons. The van der Waals surface area contributed by atoms with E-state index in [-0.39, 0.29) is 0 Å². The molecule has 0 N–H and O–H groups in total. The fraction of sp³-hybridized carbons (Fsp3) is 0.300. The Morgan fingerprint density at radius 1 is 1.38 bits per heavy atom. The average molecular weight is 284 g/mol. The standard InChI is InChI=1S/C10H9IN2/c11-7-3-1-4-8-10(7)12-9-5-2-6-13(8)9/h1,3-4H,2,5-6H2. The lowest BCUT2D eigenvalue weighted by Gasteiger charge is -1.97. The molecule has 1 aromatic carbocycles. The molecular weight excluding hydrogens is 275 g/mol. The second-order valence-electron chi connectivity index (χ2n) is 3.39. The molecule has 1 aromatic heterocycles. The van der Waals surface area contributed by atoms with Gasteiger partial charge in [0, 0.05) is 16.5 Å². The van der Waals surface area contributed by atoms with Crippen molar-refractivity contribution in [3.63, 3.8) is 0 Å². The molecular formula is C10H9IN2. The molecule has 3 heteroatoms. The van der Waals surface area contributed by atoms with E-state index in [4.69, 9.17) is 0 Å². The summed E-state index contributed by atoms with van der Waals surface area (Å²) in [5.41, 5.74) is 2.48. The van der Waals surface area contributed by atoms with Crippen LogP contribution in [-0.2, 0) is 13.0 Å². The summed E-state index contributed by atoms with van der Waals surface area (Å²) in [5.74, 6) is 1.26. The van der Waals surface area contributed by atoms with Crippen LogP contribution in [-0.4, -0.2) is 9.55 Å². The third kappa shape index (κ3) is 1.03. The van der Waals surface area contributed by atoms with E-state index in [1.54, 1.807) is 0 Å². The summed E-state index contributed by atoms with van der Waals surface area (Å²) in [5, 5.41) is 0. The summed E-state index contributed by atoms with van der Waals surface area (Å²) in [6.07, 6.45) is 2.40. The fourth-order valence-electron chi connectivity index (χ4n) is 2.00. The Balaban J connectivity index is 2.44. The van der Waals surface area contributed by atoms with E-state index in [9.17, 15) is 0 Å². The Hall–Kier alpha value is -0.580. The van der Waals surface area contributed by atoms with Crippen LogP contribution in [0, 0.1) is 3.57 Å². The molecule has 0 atom stereocenters. The van der Waals surface area contributed by atoms with E-state index >= 15 is 0 Å². The summed E-state index contributed by atoms with van der Waals surface area (Å²) >= 11 is 2.35. The number of benzene rings is 1. The molecule has 0 amide bonds. The van der Waals surface area contributed by atoms with Crippen LogP contribution in [0.4, 0.5) is 0 Å². The number of halogens is 1. The lowest BCUT2D eigenvalue weighted by molar-refractivity contribution is 0.771. The third-order valence-corrected chi connectivity index (χ3v) is 3.46. The summed E-state index contributed by atoms with van der Waals surface area (Å²) < 4.78 is 3.61. The van der Waals surface area contributed by atoms with Crippen molar-refractivity contribution in [2.75, 3.05) is 0 Å². The molecule has 0 saturated carbocycles. The number of nitrogens with zero attached hydrogens (tertiary/aromatic N) is 2. The number of imidazole rings is 1. The van der Waals surface area contributed by atoms with Crippen molar-refractivity contribution in [1.82, 2.24) is 9.55 Å².